The van der Waals surface area contributed by atoms with E-state index in [2.05, 4.69) is 128 Å². The van der Waals surface area contributed by atoms with E-state index >= 15 is 0 Å². The zero-order valence-corrected chi connectivity index (χ0v) is 31.9. The summed E-state index contributed by atoms with van der Waals surface area (Å²) in [7, 11) is -1.34. The van der Waals surface area contributed by atoms with Crippen molar-refractivity contribution in [2.75, 3.05) is 0 Å². The Morgan fingerprint density at radius 1 is 0.796 bits per heavy atom. The number of imidazole rings is 1. The van der Waals surface area contributed by atoms with E-state index in [1.54, 1.807) is 0 Å². The Hall–Kier alpha value is -4.61. The summed E-state index contributed by atoms with van der Waals surface area (Å²) in [5, 5.41) is 4.89. The molecule has 0 bridgehead atoms. The van der Waals surface area contributed by atoms with Crippen molar-refractivity contribution in [1.82, 2.24) is 14.5 Å². The number of aromatic nitrogens is 3. The number of fused-ring (bicyclic) bond motifs is 3. The molecular weight excluding hydrogens is 795 g/mol. The third kappa shape index (κ3) is 7.09. The van der Waals surface area contributed by atoms with Gasteiger partial charge in [-0.15, -0.1) is 42.0 Å². The van der Waals surface area contributed by atoms with E-state index in [4.69, 9.17) is 9.40 Å². The van der Waals surface area contributed by atoms with E-state index in [1.807, 2.05) is 54.6 Å². The summed E-state index contributed by atoms with van der Waals surface area (Å²) in [5.74, 6) is 1.50. The molecular formula is C43H39IrN3OSi-2. The molecule has 6 heteroatoms. The molecule has 0 saturated carbocycles. The summed E-state index contributed by atoms with van der Waals surface area (Å²) in [6, 6.07) is 44.6. The molecule has 3 aromatic heterocycles. The van der Waals surface area contributed by atoms with Crippen LogP contribution >= 0.6 is 0 Å². The third-order valence-corrected chi connectivity index (χ3v) is 10.7. The van der Waals surface area contributed by atoms with Crippen LogP contribution < -0.4 is 5.19 Å². The minimum absolute atomic E-state index is 0. The quantitative estimate of drug-likeness (QED) is 0.124. The molecule has 0 atom stereocenters. The summed E-state index contributed by atoms with van der Waals surface area (Å²) in [4.78, 5) is 9.65. The van der Waals surface area contributed by atoms with Gasteiger partial charge in [0.2, 0.25) is 0 Å². The maximum absolute atomic E-state index is 5.70. The zero-order chi connectivity index (χ0) is 33.3. The maximum Gasteiger partial charge on any atom is 0.0798 e. The number of hydrogen-bond acceptors (Lipinski definition) is 3. The monoisotopic (exact) mass is 834 g/mol. The van der Waals surface area contributed by atoms with Gasteiger partial charge in [-0.3, -0.25) is 4.98 Å². The van der Waals surface area contributed by atoms with Crippen molar-refractivity contribution >= 4 is 46.0 Å². The molecule has 8 aromatic rings. The number of pyridine rings is 1. The number of nitrogens with zero attached hydrogens (tertiary/aromatic N) is 3. The SMILES string of the molecule is CC(C)Cc1cc(-c2[c-]cccc2)ncc1[Si](C)(C)C.[Ir].[c-]1oc2ccccc2c1-c1nc2ccccc2n1-c1cccc2ccccc12. The van der Waals surface area contributed by atoms with Crippen LogP contribution in [0.5, 0.6) is 0 Å². The molecule has 0 fully saturated rings. The van der Waals surface area contributed by atoms with Gasteiger partial charge in [-0.05, 0) is 46.8 Å². The second kappa shape index (κ2) is 14.5. The molecule has 0 amide bonds. The largest absolute Gasteiger partial charge is 0.557 e. The molecule has 0 N–H and O–H groups in total. The van der Waals surface area contributed by atoms with E-state index < -0.39 is 8.07 Å². The molecule has 3 heterocycles. The van der Waals surface area contributed by atoms with Gasteiger partial charge in [-0.1, -0.05) is 123 Å². The first-order valence-electron chi connectivity index (χ1n) is 16.6. The first-order valence-corrected chi connectivity index (χ1v) is 20.1. The summed E-state index contributed by atoms with van der Waals surface area (Å²) in [5.41, 5.74) is 8.40. The van der Waals surface area contributed by atoms with Crippen LogP contribution in [0.15, 0.2) is 132 Å². The molecule has 4 nitrogen and oxygen atoms in total. The predicted molar refractivity (Wildman–Crippen MR) is 203 cm³/mol. The van der Waals surface area contributed by atoms with Gasteiger partial charge in [0.25, 0.3) is 0 Å². The Bertz CT molecular complexity index is 2350. The molecule has 5 aromatic carbocycles. The van der Waals surface area contributed by atoms with Crippen LogP contribution in [0.1, 0.15) is 19.4 Å². The number of para-hydroxylation sites is 3. The summed E-state index contributed by atoms with van der Waals surface area (Å²) in [6.45, 7) is 11.7. The van der Waals surface area contributed by atoms with Gasteiger partial charge in [0.15, 0.2) is 0 Å². The van der Waals surface area contributed by atoms with E-state index in [0.717, 1.165) is 56.8 Å². The Kier molecular flexibility index (Phi) is 10.1. The van der Waals surface area contributed by atoms with Crippen LogP contribution in [0.25, 0.3) is 61.1 Å². The van der Waals surface area contributed by atoms with Crippen molar-refractivity contribution in [3.05, 3.63) is 145 Å². The van der Waals surface area contributed by atoms with Crippen molar-refractivity contribution in [2.45, 2.75) is 39.9 Å². The predicted octanol–water partition coefficient (Wildman–Crippen LogP) is 10.7. The molecule has 0 aliphatic heterocycles. The minimum atomic E-state index is -1.34. The summed E-state index contributed by atoms with van der Waals surface area (Å²) < 4.78 is 7.91. The molecule has 0 unspecified atom stereocenters. The summed E-state index contributed by atoms with van der Waals surface area (Å²) in [6.07, 6.45) is 6.33. The second-order valence-corrected chi connectivity index (χ2v) is 18.7. The van der Waals surface area contributed by atoms with E-state index in [0.29, 0.717) is 5.92 Å². The molecule has 49 heavy (non-hydrogen) atoms. The second-order valence-electron chi connectivity index (χ2n) is 13.7. The molecule has 247 valence electrons. The normalized spacial score (nSPS) is 11.5. The fourth-order valence-corrected chi connectivity index (χ4v) is 8.00. The average molecular weight is 834 g/mol. The first-order chi connectivity index (χ1) is 23.3. The van der Waals surface area contributed by atoms with Gasteiger partial charge in [-0.25, -0.2) is 0 Å². The van der Waals surface area contributed by atoms with E-state index in [-0.39, 0.29) is 20.1 Å². The number of benzene rings is 5. The van der Waals surface area contributed by atoms with Crippen molar-refractivity contribution in [1.29, 1.82) is 0 Å². The molecule has 0 spiro atoms. The van der Waals surface area contributed by atoms with Crippen LogP contribution in [0.3, 0.4) is 0 Å². The standard InChI is InChI=1S/C25H15N2O.C18H24NSi.Ir/c1-2-10-18-17(8-1)9-7-14-22(18)27-23-13-5-4-12-21(23)26-25(27)20-16-28-24-15-6-3-11-19(20)24;1-14(2)11-16-12-17(15-9-7-6-8-10-15)19-13-18(16)20(3,4)5;/h1-15H;6-9,12-14H,11H2,1-5H3;/q2*-1;. The van der Waals surface area contributed by atoms with Crippen molar-refractivity contribution in [3.63, 3.8) is 0 Å². The maximum atomic E-state index is 5.70. The smallest absolute Gasteiger partial charge is 0.0798 e. The fourth-order valence-electron chi connectivity index (χ4n) is 6.41. The van der Waals surface area contributed by atoms with Gasteiger partial charge in [0.05, 0.1) is 24.9 Å². The van der Waals surface area contributed by atoms with E-state index in [9.17, 15) is 0 Å². The third-order valence-electron chi connectivity index (χ3n) is 8.62. The topological polar surface area (TPSA) is 43.9 Å². The molecule has 0 saturated heterocycles. The van der Waals surface area contributed by atoms with Crippen LogP contribution in [-0.4, -0.2) is 22.6 Å². The van der Waals surface area contributed by atoms with Crippen LogP contribution in [0.2, 0.25) is 19.6 Å². The van der Waals surface area contributed by atoms with E-state index in [1.165, 1.54) is 21.5 Å². The summed E-state index contributed by atoms with van der Waals surface area (Å²) >= 11 is 0. The Balaban J connectivity index is 0.000000177. The van der Waals surface area contributed by atoms with Gasteiger partial charge in [0.1, 0.15) is 0 Å². The Morgan fingerprint density at radius 2 is 1.51 bits per heavy atom. The fraction of sp³-hybridized carbons (Fsp3) is 0.163. The Labute approximate surface area is 303 Å². The first kappa shape index (κ1) is 34.3. The van der Waals surface area contributed by atoms with Gasteiger partial charge in [0, 0.05) is 49.2 Å². The van der Waals surface area contributed by atoms with Crippen LogP contribution in [-0.2, 0) is 26.5 Å². The average Bonchev–Trinajstić information content (AvgIpc) is 3.70. The zero-order valence-electron chi connectivity index (χ0n) is 28.5. The number of furan rings is 1. The van der Waals surface area contributed by atoms with Crippen molar-refractivity contribution < 1.29 is 24.5 Å². The number of rotatable bonds is 6. The van der Waals surface area contributed by atoms with Gasteiger partial charge >= 0.3 is 0 Å². The molecule has 8 rings (SSSR count). The minimum Gasteiger partial charge on any atom is -0.557 e. The van der Waals surface area contributed by atoms with Gasteiger partial charge < -0.3 is 14.0 Å². The Morgan fingerprint density at radius 3 is 2.29 bits per heavy atom. The number of hydrogen-bond donors (Lipinski definition) is 0. The molecule has 0 aliphatic carbocycles. The molecule has 1 radical (unpaired) electrons. The van der Waals surface area contributed by atoms with Crippen molar-refractivity contribution in [2.24, 2.45) is 5.92 Å². The van der Waals surface area contributed by atoms with Gasteiger partial charge in [-0.2, -0.15) is 0 Å². The van der Waals surface area contributed by atoms with Crippen molar-refractivity contribution in [3.8, 4) is 28.3 Å². The van der Waals surface area contributed by atoms with Crippen LogP contribution in [0, 0.1) is 18.2 Å². The van der Waals surface area contributed by atoms with Crippen LogP contribution in [0.4, 0.5) is 0 Å². The molecule has 0 aliphatic rings.